The van der Waals surface area contributed by atoms with Crippen molar-refractivity contribution in [2.45, 2.75) is 49.2 Å². The van der Waals surface area contributed by atoms with Crippen LogP contribution in [-0.4, -0.2) is 31.5 Å². The molecule has 0 spiro atoms. The molecule has 1 aromatic rings. The van der Waals surface area contributed by atoms with E-state index in [0.29, 0.717) is 18.3 Å². The van der Waals surface area contributed by atoms with E-state index in [0.717, 1.165) is 16.4 Å². The summed E-state index contributed by atoms with van der Waals surface area (Å²) < 4.78 is 0. The van der Waals surface area contributed by atoms with Gasteiger partial charge in [-0.2, -0.15) is 0 Å². The fourth-order valence-corrected chi connectivity index (χ4v) is 3.64. The molecule has 0 atom stereocenters. The van der Waals surface area contributed by atoms with Crippen LogP contribution in [-0.2, 0) is 17.9 Å². The number of nitrogens with zero attached hydrogens (tertiary/aromatic N) is 3. The second-order valence-corrected chi connectivity index (χ2v) is 6.07. The molecule has 0 aromatic carbocycles. The molecular weight excluding hydrogens is 266 g/mol. The first kappa shape index (κ1) is 12.7. The van der Waals surface area contributed by atoms with Crippen LogP contribution >= 0.6 is 11.8 Å². The SMILES string of the molecule is O=C(O)ON1Cc2cnc(SC3CCCC3)nc2C1. The molecule has 1 aliphatic heterocycles. The van der Waals surface area contributed by atoms with Crippen molar-refractivity contribution in [2.75, 3.05) is 0 Å². The smallest absolute Gasteiger partial charge is 0.448 e. The van der Waals surface area contributed by atoms with Gasteiger partial charge in [0.25, 0.3) is 0 Å². The van der Waals surface area contributed by atoms with Crippen molar-refractivity contribution in [3.8, 4) is 0 Å². The zero-order valence-corrected chi connectivity index (χ0v) is 11.2. The van der Waals surface area contributed by atoms with Crippen molar-refractivity contribution in [1.82, 2.24) is 15.0 Å². The molecule has 19 heavy (non-hydrogen) atoms. The molecule has 102 valence electrons. The highest BCUT2D eigenvalue weighted by Crippen LogP contribution is 2.33. The number of rotatable bonds is 3. The van der Waals surface area contributed by atoms with Gasteiger partial charge in [0.2, 0.25) is 0 Å². The first-order valence-corrected chi connectivity index (χ1v) is 7.26. The number of carbonyl (C=O) groups is 1. The summed E-state index contributed by atoms with van der Waals surface area (Å²) in [6.45, 7) is 0.832. The predicted molar refractivity (Wildman–Crippen MR) is 68.5 cm³/mol. The lowest BCUT2D eigenvalue weighted by atomic mass is 10.3. The van der Waals surface area contributed by atoms with Gasteiger partial charge in [0.05, 0.1) is 18.8 Å². The lowest BCUT2D eigenvalue weighted by Crippen LogP contribution is -2.20. The van der Waals surface area contributed by atoms with Crippen molar-refractivity contribution in [3.05, 3.63) is 17.5 Å². The molecule has 0 unspecified atom stereocenters. The Morgan fingerprint density at radius 3 is 2.95 bits per heavy atom. The van der Waals surface area contributed by atoms with Crippen LogP contribution in [0.5, 0.6) is 0 Å². The third kappa shape index (κ3) is 2.98. The summed E-state index contributed by atoms with van der Waals surface area (Å²) in [6, 6.07) is 0. The van der Waals surface area contributed by atoms with Crippen molar-refractivity contribution in [3.63, 3.8) is 0 Å². The number of hydrogen-bond acceptors (Lipinski definition) is 6. The van der Waals surface area contributed by atoms with E-state index >= 15 is 0 Å². The van der Waals surface area contributed by atoms with Gasteiger partial charge in [-0.05, 0) is 12.8 Å². The number of aromatic nitrogens is 2. The molecule has 1 aromatic heterocycles. The minimum atomic E-state index is -1.29. The van der Waals surface area contributed by atoms with Gasteiger partial charge in [-0.15, -0.1) is 5.06 Å². The second-order valence-electron chi connectivity index (χ2n) is 4.80. The van der Waals surface area contributed by atoms with E-state index in [1.807, 2.05) is 0 Å². The van der Waals surface area contributed by atoms with E-state index in [1.165, 1.54) is 30.7 Å². The zero-order chi connectivity index (χ0) is 13.2. The summed E-state index contributed by atoms with van der Waals surface area (Å²) >= 11 is 1.73. The van der Waals surface area contributed by atoms with Crippen LogP contribution in [0.2, 0.25) is 0 Å². The van der Waals surface area contributed by atoms with E-state index < -0.39 is 6.16 Å². The maximum Gasteiger partial charge on any atom is 0.525 e. The molecule has 2 heterocycles. The van der Waals surface area contributed by atoms with Gasteiger partial charge in [-0.1, -0.05) is 24.6 Å². The number of hydrogen-bond donors (Lipinski definition) is 1. The van der Waals surface area contributed by atoms with Crippen molar-refractivity contribution >= 4 is 17.9 Å². The van der Waals surface area contributed by atoms with Crippen molar-refractivity contribution < 1.29 is 14.7 Å². The Morgan fingerprint density at radius 1 is 1.42 bits per heavy atom. The van der Waals surface area contributed by atoms with Gasteiger partial charge in [-0.25, -0.2) is 14.8 Å². The number of carboxylic acid groups (broad SMARTS) is 1. The highest BCUT2D eigenvalue weighted by Gasteiger charge is 2.25. The zero-order valence-electron chi connectivity index (χ0n) is 10.4. The van der Waals surface area contributed by atoms with Crippen LogP contribution in [0.25, 0.3) is 0 Å². The third-order valence-corrected chi connectivity index (χ3v) is 4.60. The van der Waals surface area contributed by atoms with E-state index in [9.17, 15) is 4.79 Å². The fourth-order valence-electron chi connectivity index (χ4n) is 2.49. The molecule has 7 heteroatoms. The number of hydroxylamine groups is 2. The Labute approximate surface area is 115 Å². The highest BCUT2D eigenvalue weighted by molar-refractivity contribution is 7.99. The van der Waals surface area contributed by atoms with Crippen LogP contribution in [0, 0.1) is 0 Å². The Morgan fingerprint density at radius 2 is 2.21 bits per heavy atom. The molecule has 0 radical (unpaired) electrons. The van der Waals surface area contributed by atoms with Crippen LogP contribution in [0.3, 0.4) is 0 Å². The molecular formula is C12H15N3O3S. The van der Waals surface area contributed by atoms with Crippen LogP contribution in [0.15, 0.2) is 11.4 Å². The highest BCUT2D eigenvalue weighted by atomic mass is 32.2. The normalized spacial score (nSPS) is 19.6. The van der Waals surface area contributed by atoms with Crippen LogP contribution in [0.4, 0.5) is 4.79 Å². The molecule has 1 saturated carbocycles. The first-order chi connectivity index (χ1) is 9.20. The third-order valence-electron chi connectivity index (χ3n) is 3.39. The number of thioether (sulfide) groups is 1. The monoisotopic (exact) mass is 281 g/mol. The summed E-state index contributed by atoms with van der Waals surface area (Å²) in [7, 11) is 0. The average molecular weight is 281 g/mol. The second kappa shape index (κ2) is 5.34. The molecule has 1 N–H and O–H groups in total. The van der Waals surface area contributed by atoms with Gasteiger partial charge >= 0.3 is 6.16 Å². The quantitative estimate of drug-likeness (QED) is 0.853. The maximum atomic E-state index is 10.5. The van der Waals surface area contributed by atoms with E-state index in [1.54, 1.807) is 18.0 Å². The van der Waals surface area contributed by atoms with Gasteiger partial charge in [-0.3, -0.25) is 0 Å². The van der Waals surface area contributed by atoms with E-state index in [-0.39, 0.29) is 0 Å². The number of fused-ring (bicyclic) bond motifs is 1. The maximum absolute atomic E-state index is 10.5. The minimum Gasteiger partial charge on any atom is -0.448 e. The molecule has 3 rings (SSSR count). The topological polar surface area (TPSA) is 75.6 Å². The Kier molecular flexibility index (Phi) is 3.56. The Balaban J connectivity index is 1.66. The lowest BCUT2D eigenvalue weighted by Gasteiger charge is -2.09. The fraction of sp³-hybridized carbons (Fsp3) is 0.583. The summed E-state index contributed by atoms with van der Waals surface area (Å²) in [4.78, 5) is 24.0. The molecule has 1 fully saturated rings. The molecule has 6 nitrogen and oxygen atoms in total. The predicted octanol–water partition coefficient (Wildman–Crippen LogP) is 2.44. The molecule has 2 aliphatic rings. The van der Waals surface area contributed by atoms with Crippen molar-refractivity contribution in [1.29, 1.82) is 0 Å². The van der Waals surface area contributed by atoms with Crippen LogP contribution in [0.1, 0.15) is 36.9 Å². The molecule has 0 bridgehead atoms. The molecule has 0 saturated heterocycles. The van der Waals surface area contributed by atoms with Crippen molar-refractivity contribution in [2.24, 2.45) is 0 Å². The Hall–Kier alpha value is -1.34. The molecule has 1 aliphatic carbocycles. The summed E-state index contributed by atoms with van der Waals surface area (Å²) in [5.41, 5.74) is 1.81. The first-order valence-electron chi connectivity index (χ1n) is 6.38. The summed E-state index contributed by atoms with van der Waals surface area (Å²) in [5.74, 6) is 0. The standard InChI is InChI=1S/C12H15N3O3S/c16-12(17)18-15-6-8-5-13-11(14-10(8)7-15)19-9-3-1-2-4-9/h5,9H,1-4,6-7H2,(H,16,17). The lowest BCUT2D eigenvalue weighted by molar-refractivity contribution is -0.125. The van der Waals surface area contributed by atoms with E-state index in [2.05, 4.69) is 14.8 Å². The summed E-state index contributed by atoms with van der Waals surface area (Å²) in [6.07, 6.45) is 5.55. The van der Waals surface area contributed by atoms with Gasteiger partial charge in [0, 0.05) is 17.0 Å². The Bertz CT molecular complexity index is 491. The van der Waals surface area contributed by atoms with Gasteiger partial charge < -0.3 is 9.94 Å². The van der Waals surface area contributed by atoms with Crippen LogP contribution < -0.4 is 0 Å². The largest absolute Gasteiger partial charge is 0.525 e. The minimum absolute atomic E-state index is 0.405. The molecule has 0 amide bonds. The van der Waals surface area contributed by atoms with E-state index in [4.69, 9.17) is 5.11 Å². The van der Waals surface area contributed by atoms with Gasteiger partial charge in [0.15, 0.2) is 5.16 Å². The van der Waals surface area contributed by atoms with Gasteiger partial charge in [0.1, 0.15) is 0 Å². The average Bonchev–Trinajstić information content (AvgIpc) is 2.96. The summed E-state index contributed by atoms with van der Waals surface area (Å²) in [5, 5.41) is 11.4.